The number of ketones is 1. The van der Waals surface area contributed by atoms with E-state index in [4.69, 9.17) is 17.3 Å². The molecule has 2 rings (SSSR count). The molecule has 1 aliphatic rings. The van der Waals surface area contributed by atoms with Gasteiger partial charge in [-0.05, 0) is 43.4 Å². The highest BCUT2D eigenvalue weighted by Crippen LogP contribution is 2.18. The zero-order chi connectivity index (χ0) is 25.4. The fourth-order valence-electron chi connectivity index (χ4n) is 3.55. The van der Waals surface area contributed by atoms with Crippen LogP contribution in [0.1, 0.15) is 38.7 Å². The van der Waals surface area contributed by atoms with E-state index >= 15 is 0 Å². The van der Waals surface area contributed by atoms with Crippen LogP contribution in [0.25, 0.3) is 6.08 Å². The van der Waals surface area contributed by atoms with Crippen molar-refractivity contribution in [1.29, 1.82) is 0 Å². The molecular formula is C23H28ClFN4O5. The SMILES string of the molecule is CC(C)C[C@H](NC(=O)/C=C/c1ccc(Cl)cc1F)C(=O)NC(CC1CCNC1=O)C(=O)C(N)=O. The normalized spacial score (nSPS) is 17.3. The summed E-state index contributed by atoms with van der Waals surface area (Å²) in [5, 5.41) is 7.83. The van der Waals surface area contributed by atoms with Crippen LogP contribution in [0.2, 0.25) is 5.02 Å². The molecule has 3 atom stereocenters. The van der Waals surface area contributed by atoms with E-state index in [0.717, 1.165) is 12.1 Å². The van der Waals surface area contributed by atoms with Crippen LogP contribution < -0.4 is 21.7 Å². The Labute approximate surface area is 201 Å². The first-order valence-corrected chi connectivity index (χ1v) is 11.2. The number of amides is 4. The highest BCUT2D eigenvalue weighted by Gasteiger charge is 2.34. The Morgan fingerprint density at radius 1 is 1.24 bits per heavy atom. The Bertz CT molecular complexity index is 998. The molecule has 4 amide bonds. The quantitative estimate of drug-likeness (QED) is 0.268. The van der Waals surface area contributed by atoms with Gasteiger partial charge in [-0.2, -0.15) is 0 Å². The van der Waals surface area contributed by atoms with Crippen molar-refractivity contribution in [3.8, 4) is 0 Å². The second-order valence-electron chi connectivity index (χ2n) is 8.49. The minimum Gasteiger partial charge on any atom is -0.363 e. The molecule has 0 radical (unpaired) electrons. The highest BCUT2D eigenvalue weighted by atomic mass is 35.5. The van der Waals surface area contributed by atoms with Crippen LogP contribution in [0.15, 0.2) is 24.3 Å². The predicted molar refractivity (Wildman–Crippen MR) is 124 cm³/mol. The molecule has 0 aromatic heterocycles. The number of rotatable bonds is 11. The van der Waals surface area contributed by atoms with Crippen LogP contribution in [-0.2, 0) is 24.0 Å². The van der Waals surface area contributed by atoms with E-state index in [1.165, 1.54) is 18.2 Å². The van der Waals surface area contributed by atoms with Gasteiger partial charge in [0.25, 0.3) is 5.91 Å². The van der Waals surface area contributed by atoms with Gasteiger partial charge in [-0.1, -0.05) is 31.5 Å². The molecule has 11 heteroatoms. The summed E-state index contributed by atoms with van der Waals surface area (Å²) in [5.74, 6) is -5.08. The van der Waals surface area contributed by atoms with E-state index in [-0.39, 0.29) is 35.3 Å². The molecule has 0 spiro atoms. The van der Waals surface area contributed by atoms with Crippen molar-refractivity contribution < 1.29 is 28.4 Å². The minimum atomic E-state index is -1.30. The molecule has 1 saturated heterocycles. The smallest absolute Gasteiger partial charge is 0.287 e. The van der Waals surface area contributed by atoms with Crippen LogP contribution in [0.4, 0.5) is 4.39 Å². The van der Waals surface area contributed by atoms with Gasteiger partial charge in [0.05, 0.1) is 6.04 Å². The Kier molecular flexibility index (Phi) is 9.73. The minimum absolute atomic E-state index is 0.0142. The summed E-state index contributed by atoms with van der Waals surface area (Å²) >= 11 is 5.71. The van der Waals surface area contributed by atoms with Gasteiger partial charge in [0.2, 0.25) is 23.5 Å². The van der Waals surface area contributed by atoms with E-state index in [1.54, 1.807) is 0 Å². The summed E-state index contributed by atoms with van der Waals surface area (Å²) < 4.78 is 13.9. The molecule has 1 aliphatic heterocycles. The fourth-order valence-corrected chi connectivity index (χ4v) is 3.71. The number of hydrogen-bond donors (Lipinski definition) is 4. The molecule has 9 nitrogen and oxygen atoms in total. The number of hydrogen-bond acceptors (Lipinski definition) is 5. The molecule has 34 heavy (non-hydrogen) atoms. The molecule has 1 heterocycles. The fraction of sp³-hybridized carbons (Fsp3) is 0.435. The summed E-state index contributed by atoms with van der Waals surface area (Å²) in [7, 11) is 0. The van der Waals surface area contributed by atoms with Crippen LogP contribution >= 0.6 is 11.6 Å². The number of carbonyl (C=O) groups is 5. The first-order valence-electron chi connectivity index (χ1n) is 10.8. The number of primary amides is 1. The van der Waals surface area contributed by atoms with Crippen molar-refractivity contribution in [2.75, 3.05) is 6.54 Å². The second-order valence-corrected chi connectivity index (χ2v) is 8.93. The maximum absolute atomic E-state index is 13.9. The average Bonchev–Trinajstić information content (AvgIpc) is 3.15. The number of nitrogens with two attached hydrogens (primary N) is 1. The molecule has 5 N–H and O–H groups in total. The summed E-state index contributed by atoms with van der Waals surface area (Å²) in [6.07, 6.45) is 2.90. The first kappa shape index (κ1) is 27.0. The van der Waals surface area contributed by atoms with Gasteiger partial charge in [-0.15, -0.1) is 0 Å². The summed E-state index contributed by atoms with van der Waals surface area (Å²) in [6, 6.07) is 1.63. The number of Topliss-reactive ketones (excluding diaryl/α,β-unsaturated/α-hetero) is 1. The molecule has 1 aromatic rings. The van der Waals surface area contributed by atoms with Gasteiger partial charge in [0.1, 0.15) is 11.9 Å². The monoisotopic (exact) mass is 494 g/mol. The van der Waals surface area contributed by atoms with Crippen molar-refractivity contribution >= 4 is 47.1 Å². The standard InChI is InChI=1S/C23H28ClFN4O5/c1-12(2)9-18(28-19(30)6-4-13-3-5-15(24)11-16(13)25)23(34)29-17(20(31)21(26)32)10-14-7-8-27-22(14)33/h3-6,11-12,14,17-18H,7-10H2,1-2H3,(H2,26,32)(H,27,33)(H,28,30)(H,29,34)/b6-4+/t14?,17?,18-/m0/s1. The number of nitrogens with one attached hydrogen (secondary N) is 3. The van der Waals surface area contributed by atoms with Crippen LogP contribution in [0, 0.1) is 17.7 Å². The van der Waals surface area contributed by atoms with Crippen molar-refractivity contribution in [2.45, 2.75) is 45.2 Å². The van der Waals surface area contributed by atoms with E-state index in [2.05, 4.69) is 16.0 Å². The second kappa shape index (κ2) is 12.3. The molecule has 1 fully saturated rings. The number of carbonyl (C=O) groups excluding carboxylic acids is 5. The van der Waals surface area contributed by atoms with Gasteiger partial charge >= 0.3 is 0 Å². The highest BCUT2D eigenvalue weighted by molar-refractivity contribution is 6.38. The van der Waals surface area contributed by atoms with E-state index < -0.39 is 47.3 Å². The summed E-state index contributed by atoms with van der Waals surface area (Å²) in [6.45, 7) is 4.10. The van der Waals surface area contributed by atoms with E-state index in [1.807, 2.05) is 13.8 Å². The van der Waals surface area contributed by atoms with Crippen molar-refractivity contribution in [2.24, 2.45) is 17.6 Å². The lowest BCUT2D eigenvalue weighted by Gasteiger charge is -2.24. The Morgan fingerprint density at radius 3 is 2.50 bits per heavy atom. The topological polar surface area (TPSA) is 147 Å². The molecule has 0 aliphatic carbocycles. The molecule has 1 aromatic carbocycles. The van der Waals surface area contributed by atoms with Gasteiger partial charge in [-0.25, -0.2) is 4.39 Å². The van der Waals surface area contributed by atoms with Gasteiger partial charge in [0.15, 0.2) is 0 Å². The maximum atomic E-state index is 13.9. The Balaban J connectivity index is 2.12. The van der Waals surface area contributed by atoms with E-state index in [0.29, 0.717) is 13.0 Å². The van der Waals surface area contributed by atoms with Crippen LogP contribution in [0.5, 0.6) is 0 Å². The first-order chi connectivity index (χ1) is 16.0. The molecule has 2 unspecified atom stereocenters. The lowest BCUT2D eigenvalue weighted by atomic mass is 9.94. The van der Waals surface area contributed by atoms with Crippen molar-refractivity contribution in [3.63, 3.8) is 0 Å². The van der Waals surface area contributed by atoms with Gasteiger partial charge in [0, 0.05) is 29.1 Å². The third-order valence-corrected chi connectivity index (χ3v) is 5.51. The Hall–Kier alpha value is -3.27. The largest absolute Gasteiger partial charge is 0.363 e. The molecule has 184 valence electrons. The van der Waals surface area contributed by atoms with E-state index in [9.17, 15) is 28.4 Å². The summed E-state index contributed by atoms with van der Waals surface area (Å²) in [4.78, 5) is 61.0. The summed E-state index contributed by atoms with van der Waals surface area (Å²) in [5.41, 5.74) is 5.25. The maximum Gasteiger partial charge on any atom is 0.287 e. The zero-order valence-corrected chi connectivity index (χ0v) is 19.7. The van der Waals surface area contributed by atoms with Crippen LogP contribution in [-0.4, -0.2) is 48.0 Å². The lowest BCUT2D eigenvalue weighted by molar-refractivity contribution is -0.139. The van der Waals surface area contributed by atoms with Crippen LogP contribution in [0.3, 0.4) is 0 Å². The van der Waals surface area contributed by atoms with Crippen molar-refractivity contribution in [1.82, 2.24) is 16.0 Å². The molecular weight excluding hydrogens is 467 g/mol. The number of benzene rings is 1. The molecule has 0 saturated carbocycles. The molecule has 0 bridgehead atoms. The average molecular weight is 495 g/mol. The number of halogens is 2. The lowest BCUT2D eigenvalue weighted by Crippen LogP contribution is -2.54. The predicted octanol–water partition coefficient (Wildman–Crippen LogP) is 1.09. The third-order valence-electron chi connectivity index (χ3n) is 5.28. The zero-order valence-electron chi connectivity index (χ0n) is 18.9. The van der Waals surface area contributed by atoms with Crippen molar-refractivity contribution in [3.05, 3.63) is 40.7 Å². The Morgan fingerprint density at radius 2 is 1.94 bits per heavy atom. The third kappa shape index (κ3) is 7.95. The van der Waals surface area contributed by atoms with Gasteiger partial charge < -0.3 is 21.7 Å². The van der Waals surface area contributed by atoms with Gasteiger partial charge in [-0.3, -0.25) is 24.0 Å².